The Morgan fingerprint density at radius 3 is 2.53 bits per heavy atom. The molecule has 0 saturated heterocycles. The van der Waals surface area contributed by atoms with Gasteiger partial charge in [0.2, 0.25) is 0 Å². The fourth-order valence-electron chi connectivity index (χ4n) is 1.92. The molecule has 19 heavy (non-hydrogen) atoms. The van der Waals surface area contributed by atoms with Crippen LogP contribution in [0.5, 0.6) is 0 Å². The Morgan fingerprint density at radius 1 is 1.11 bits per heavy atom. The van der Waals surface area contributed by atoms with Crippen molar-refractivity contribution in [3.05, 3.63) is 62.9 Å². The van der Waals surface area contributed by atoms with Crippen LogP contribution in [0.1, 0.15) is 17.3 Å². The van der Waals surface area contributed by atoms with Gasteiger partial charge < -0.3 is 5.32 Å². The van der Waals surface area contributed by atoms with E-state index in [2.05, 4.69) is 10.3 Å². The lowest BCUT2D eigenvalue weighted by molar-refractivity contribution is 0.576. The van der Waals surface area contributed by atoms with Gasteiger partial charge in [0.25, 0.3) is 0 Å². The summed E-state index contributed by atoms with van der Waals surface area (Å²) < 4.78 is 0. The fourth-order valence-corrected chi connectivity index (χ4v) is 2.57. The predicted octanol–water partition coefficient (Wildman–Crippen LogP) is 4.55. The molecule has 2 aromatic rings. The van der Waals surface area contributed by atoms with Gasteiger partial charge >= 0.3 is 0 Å². The van der Waals surface area contributed by atoms with E-state index >= 15 is 0 Å². The molecule has 0 bridgehead atoms. The number of likely N-dealkylation sites (N-methyl/N-ethyl adjacent to an activating group) is 1. The van der Waals surface area contributed by atoms with E-state index < -0.39 is 0 Å². The lowest BCUT2D eigenvalue weighted by Crippen LogP contribution is -2.20. The van der Waals surface area contributed by atoms with E-state index in [9.17, 15) is 0 Å². The Kier molecular flexibility index (Phi) is 5.06. The molecule has 0 aliphatic carbocycles. The van der Waals surface area contributed by atoms with Gasteiger partial charge in [-0.25, -0.2) is 0 Å². The van der Waals surface area contributed by atoms with Crippen LogP contribution in [0.15, 0.2) is 36.5 Å². The monoisotopic (exact) mass is 314 g/mol. The van der Waals surface area contributed by atoms with E-state index in [4.69, 9.17) is 34.8 Å². The van der Waals surface area contributed by atoms with E-state index in [1.54, 1.807) is 12.3 Å². The molecule has 2 nitrogen and oxygen atoms in total. The van der Waals surface area contributed by atoms with Crippen molar-refractivity contribution < 1.29 is 0 Å². The van der Waals surface area contributed by atoms with Crippen LogP contribution in [-0.2, 0) is 6.42 Å². The van der Waals surface area contributed by atoms with Crippen LogP contribution in [0.2, 0.25) is 15.1 Å². The van der Waals surface area contributed by atoms with Crippen LogP contribution in [0.3, 0.4) is 0 Å². The van der Waals surface area contributed by atoms with Crippen LogP contribution in [-0.4, -0.2) is 12.0 Å². The number of rotatable bonds is 4. The fraction of sp³-hybridized carbons (Fsp3) is 0.214. The number of hydrogen-bond acceptors (Lipinski definition) is 2. The molecule has 2 rings (SSSR count). The van der Waals surface area contributed by atoms with Crippen molar-refractivity contribution in [3.63, 3.8) is 0 Å². The van der Waals surface area contributed by atoms with E-state index in [1.807, 2.05) is 31.3 Å². The maximum absolute atomic E-state index is 6.21. The van der Waals surface area contributed by atoms with Gasteiger partial charge in [0.1, 0.15) is 0 Å². The van der Waals surface area contributed by atoms with E-state index in [0.717, 1.165) is 11.3 Å². The minimum Gasteiger partial charge on any atom is -0.311 e. The molecular weight excluding hydrogens is 303 g/mol. The topological polar surface area (TPSA) is 24.9 Å². The molecule has 0 amide bonds. The lowest BCUT2D eigenvalue weighted by atomic mass is 10.0. The van der Waals surface area contributed by atoms with Gasteiger partial charge in [-0.15, -0.1) is 0 Å². The zero-order valence-electron chi connectivity index (χ0n) is 10.3. The average Bonchev–Trinajstić information content (AvgIpc) is 2.41. The molecule has 0 spiro atoms. The number of hydrogen-bond donors (Lipinski definition) is 1. The summed E-state index contributed by atoms with van der Waals surface area (Å²) in [5, 5.41) is 4.98. The minimum atomic E-state index is -0.00957. The van der Waals surface area contributed by atoms with Gasteiger partial charge in [-0.2, -0.15) is 0 Å². The minimum absolute atomic E-state index is 0.00957. The van der Waals surface area contributed by atoms with Gasteiger partial charge in [-0.05, 0) is 37.2 Å². The first-order valence-electron chi connectivity index (χ1n) is 5.84. The Morgan fingerprint density at radius 2 is 1.84 bits per heavy atom. The molecule has 1 N–H and O–H groups in total. The molecule has 1 heterocycles. The Bertz CT molecular complexity index is 572. The van der Waals surface area contributed by atoms with Crippen molar-refractivity contribution >= 4 is 34.8 Å². The molecule has 5 heteroatoms. The number of nitrogens with zero attached hydrogens (tertiary/aromatic N) is 1. The van der Waals surface area contributed by atoms with Crippen LogP contribution in [0.25, 0.3) is 0 Å². The van der Waals surface area contributed by atoms with Crippen molar-refractivity contribution in [2.24, 2.45) is 0 Å². The third-order valence-corrected chi connectivity index (χ3v) is 4.10. The molecule has 1 aromatic carbocycles. The van der Waals surface area contributed by atoms with Crippen LogP contribution < -0.4 is 5.32 Å². The average molecular weight is 316 g/mol. The third-order valence-electron chi connectivity index (χ3n) is 2.92. The quantitative estimate of drug-likeness (QED) is 0.895. The summed E-state index contributed by atoms with van der Waals surface area (Å²) in [4.78, 5) is 4.33. The molecule has 0 aliphatic rings. The first-order chi connectivity index (χ1) is 9.13. The summed E-state index contributed by atoms with van der Waals surface area (Å²) in [6, 6.07) is 9.24. The maximum atomic E-state index is 6.21. The highest BCUT2D eigenvalue weighted by atomic mass is 35.5. The van der Waals surface area contributed by atoms with E-state index in [0.29, 0.717) is 21.5 Å². The third kappa shape index (κ3) is 3.40. The zero-order valence-corrected chi connectivity index (χ0v) is 12.6. The molecule has 1 atom stereocenters. The van der Waals surface area contributed by atoms with Crippen LogP contribution in [0, 0.1) is 0 Å². The van der Waals surface area contributed by atoms with Gasteiger partial charge in [-0.1, -0.05) is 46.9 Å². The summed E-state index contributed by atoms with van der Waals surface area (Å²) in [6.45, 7) is 0. The van der Waals surface area contributed by atoms with E-state index in [-0.39, 0.29) is 6.04 Å². The molecule has 0 aliphatic heterocycles. The van der Waals surface area contributed by atoms with Crippen LogP contribution in [0.4, 0.5) is 0 Å². The Balaban J connectivity index is 2.30. The van der Waals surface area contributed by atoms with Crippen molar-refractivity contribution in [2.75, 3.05) is 7.05 Å². The zero-order chi connectivity index (χ0) is 13.8. The highest BCUT2D eigenvalue weighted by Gasteiger charge is 2.16. The van der Waals surface area contributed by atoms with E-state index in [1.165, 1.54) is 0 Å². The summed E-state index contributed by atoms with van der Waals surface area (Å²) in [5.41, 5.74) is 1.78. The highest BCUT2D eigenvalue weighted by Crippen LogP contribution is 2.30. The first kappa shape index (κ1) is 14.6. The predicted molar refractivity (Wildman–Crippen MR) is 81.2 cm³/mol. The largest absolute Gasteiger partial charge is 0.311 e. The molecule has 0 saturated carbocycles. The van der Waals surface area contributed by atoms with Gasteiger partial charge in [0, 0.05) is 6.20 Å². The standard InChI is InChI=1S/C14H13Cl3N2/c1-18-12(14-11(16)6-3-7-19-14)8-9-4-2-5-10(15)13(9)17/h2-7,12,18H,8H2,1H3. The summed E-state index contributed by atoms with van der Waals surface area (Å²) in [5.74, 6) is 0. The first-order valence-corrected chi connectivity index (χ1v) is 6.97. The molecule has 1 aromatic heterocycles. The van der Waals surface area contributed by atoms with Gasteiger partial charge in [0.05, 0.1) is 26.8 Å². The van der Waals surface area contributed by atoms with Crippen molar-refractivity contribution in [3.8, 4) is 0 Å². The molecule has 100 valence electrons. The lowest BCUT2D eigenvalue weighted by Gasteiger charge is -2.17. The van der Waals surface area contributed by atoms with Gasteiger partial charge in [-0.3, -0.25) is 4.98 Å². The molecule has 0 fully saturated rings. The van der Waals surface area contributed by atoms with Gasteiger partial charge in [0.15, 0.2) is 0 Å². The molecule has 0 radical (unpaired) electrons. The second-order valence-corrected chi connectivity index (χ2v) is 5.32. The number of halogens is 3. The number of nitrogens with one attached hydrogen (secondary N) is 1. The smallest absolute Gasteiger partial charge is 0.0762 e. The SMILES string of the molecule is CNC(Cc1cccc(Cl)c1Cl)c1ncccc1Cl. The highest BCUT2D eigenvalue weighted by molar-refractivity contribution is 6.42. The Hall–Kier alpha value is -0.800. The van der Waals surface area contributed by atoms with Crippen LogP contribution >= 0.6 is 34.8 Å². The van der Waals surface area contributed by atoms with Crippen molar-refractivity contribution in [1.82, 2.24) is 10.3 Å². The number of aromatic nitrogens is 1. The summed E-state index contributed by atoms with van der Waals surface area (Å²) in [6.07, 6.45) is 2.40. The maximum Gasteiger partial charge on any atom is 0.0762 e. The molecule has 1 unspecified atom stereocenters. The second-order valence-electron chi connectivity index (χ2n) is 4.13. The normalized spacial score (nSPS) is 12.4. The Labute approximate surface area is 127 Å². The summed E-state index contributed by atoms with van der Waals surface area (Å²) >= 11 is 18.4. The summed E-state index contributed by atoms with van der Waals surface area (Å²) in [7, 11) is 1.87. The second kappa shape index (κ2) is 6.58. The van der Waals surface area contributed by atoms with Crippen molar-refractivity contribution in [1.29, 1.82) is 0 Å². The number of pyridine rings is 1. The molecular formula is C14H13Cl3N2. The number of benzene rings is 1. The van der Waals surface area contributed by atoms with Crippen molar-refractivity contribution in [2.45, 2.75) is 12.5 Å².